The van der Waals surface area contributed by atoms with Gasteiger partial charge in [0.2, 0.25) is 11.8 Å². The van der Waals surface area contributed by atoms with E-state index in [1.807, 2.05) is 65.3 Å². The molecule has 0 N–H and O–H groups in total. The molecule has 1 aromatic carbocycles. The number of aromatic nitrogens is 4. The van der Waals surface area contributed by atoms with Gasteiger partial charge < -0.3 is 9.47 Å². The van der Waals surface area contributed by atoms with Gasteiger partial charge in [-0.15, -0.1) is 10.2 Å². The van der Waals surface area contributed by atoms with Crippen LogP contribution in [-0.4, -0.2) is 26.4 Å². The second kappa shape index (κ2) is 6.07. The Morgan fingerprint density at radius 3 is 2.38 bits per heavy atom. The molecule has 0 aliphatic rings. The van der Waals surface area contributed by atoms with Gasteiger partial charge in [0.1, 0.15) is 0 Å². The quantitative estimate of drug-likeness (QED) is 0.720. The van der Waals surface area contributed by atoms with Crippen LogP contribution in [0.25, 0.3) is 5.69 Å². The van der Waals surface area contributed by atoms with E-state index in [1.54, 1.807) is 7.05 Å². The molecule has 0 saturated carbocycles. The van der Waals surface area contributed by atoms with Crippen molar-refractivity contribution in [1.29, 1.82) is 0 Å². The second-order valence-electron chi connectivity index (χ2n) is 5.85. The summed E-state index contributed by atoms with van der Waals surface area (Å²) in [4.78, 5) is 1.81. The first-order valence-electron chi connectivity index (χ1n) is 7.58. The van der Waals surface area contributed by atoms with Crippen LogP contribution in [0, 0.1) is 0 Å². The summed E-state index contributed by atoms with van der Waals surface area (Å²) in [5, 5.41) is 7.56. The smallest absolute Gasteiger partial charge is 0.304 e. The Hall–Kier alpha value is -2.70. The molecule has 0 aliphatic heterocycles. The molecule has 24 heavy (non-hydrogen) atoms. The third-order valence-corrected chi connectivity index (χ3v) is 3.87. The minimum atomic E-state index is -3.02. The van der Waals surface area contributed by atoms with Crippen molar-refractivity contribution in [1.82, 2.24) is 19.3 Å². The molecule has 3 rings (SSSR count). The van der Waals surface area contributed by atoms with E-state index < -0.39 is 5.92 Å². The maximum Gasteiger partial charge on any atom is 0.304 e. The monoisotopic (exact) mass is 331 g/mol. The van der Waals surface area contributed by atoms with Crippen molar-refractivity contribution in [3.8, 4) is 5.69 Å². The van der Waals surface area contributed by atoms with E-state index in [4.69, 9.17) is 0 Å². The Morgan fingerprint density at radius 2 is 1.75 bits per heavy atom. The lowest BCUT2D eigenvalue weighted by Crippen LogP contribution is -2.22. The topological polar surface area (TPSA) is 38.9 Å². The number of rotatable bonds is 5. The fourth-order valence-corrected chi connectivity index (χ4v) is 2.75. The summed E-state index contributed by atoms with van der Waals surface area (Å²) in [6, 6.07) is 11.9. The van der Waals surface area contributed by atoms with E-state index >= 15 is 0 Å². The SMILES string of the molecule is CN(Cc1ccccc1-n1cccc1)c1nnc(C(C)(F)F)n1C. The number of benzene rings is 1. The average molecular weight is 331 g/mol. The Kier molecular flexibility index (Phi) is 4.09. The summed E-state index contributed by atoms with van der Waals surface area (Å²) in [6.45, 7) is 1.34. The Morgan fingerprint density at radius 1 is 1.08 bits per heavy atom. The number of anilines is 1. The molecular weight excluding hydrogens is 312 g/mol. The first kappa shape index (κ1) is 16.2. The molecule has 0 radical (unpaired) electrons. The summed E-state index contributed by atoms with van der Waals surface area (Å²) in [5.74, 6) is -2.97. The molecule has 3 aromatic rings. The molecule has 126 valence electrons. The first-order chi connectivity index (χ1) is 11.4. The van der Waals surface area contributed by atoms with Crippen LogP contribution in [0.15, 0.2) is 48.8 Å². The van der Waals surface area contributed by atoms with E-state index in [0.717, 1.165) is 18.2 Å². The average Bonchev–Trinajstić information content (AvgIpc) is 3.16. The van der Waals surface area contributed by atoms with Gasteiger partial charge >= 0.3 is 5.92 Å². The summed E-state index contributed by atoms with van der Waals surface area (Å²) in [5.41, 5.74) is 2.10. The van der Waals surface area contributed by atoms with Crippen molar-refractivity contribution in [3.63, 3.8) is 0 Å². The van der Waals surface area contributed by atoms with Crippen LogP contribution >= 0.6 is 0 Å². The van der Waals surface area contributed by atoms with Gasteiger partial charge in [-0.3, -0.25) is 4.57 Å². The third-order valence-electron chi connectivity index (χ3n) is 3.87. The number of halogens is 2. The molecule has 0 bridgehead atoms. The minimum Gasteiger partial charge on any atom is -0.340 e. The van der Waals surface area contributed by atoms with Crippen LogP contribution in [0.2, 0.25) is 0 Å². The van der Waals surface area contributed by atoms with Crippen molar-refractivity contribution in [3.05, 3.63) is 60.2 Å². The highest BCUT2D eigenvalue weighted by Gasteiger charge is 2.32. The van der Waals surface area contributed by atoms with E-state index in [9.17, 15) is 8.78 Å². The molecule has 0 atom stereocenters. The second-order valence-corrected chi connectivity index (χ2v) is 5.85. The van der Waals surface area contributed by atoms with E-state index in [-0.39, 0.29) is 5.82 Å². The Balaban J connectivity index is 1.89. The van der Waals surface area contributed by atoms with Crippen molar-refractivity contribution in [2.45, 2.75) is 19.4 Å². The fourth-order valence-electron chi connectivity index (χ4n) is 2.75. The van der Waals surface area contributed by atoms with Gasteiger partial charge in [-0.2, -0.15) is 8.78 Å². The lowest BCUT2D eigenvalue weighted by Gasteiger charge is -2.20. The van der Waals surface area contributed by atoms with Crippen molar-refractivity contribution >= 4 is 5.95 Å². The van der Waals surface area contributed by atoms with Crippen LogP contribution in [0.3, 0.4) is 0 Å². The third kappa shape index (κ3) is 3.02. The molecule has 0 amide bonds. The normalized spacial score (nSPS) is 11.7. The summed E-state index contributed by atoms with van der Waals surface area (Å²) in [7, 11) is 3.37. The summed E-state index contributed by atoms with van der Waals surface area (Å²) in [6.07, 6.45) is 3.94. The molecule has 2 aromatic heterocycles. The lowest BCUT2D eigenvalue weighted by atomic mass is 10.1. The van der Waals surface area contributed by atoms with Gasteiger partial charge in [0, 0.05) is 45.6 Å². The van der Waals surface area contributed by atoms with Gasteiger partial charge in [0.05, 0.1) is 0 Å². The highest BCUT2D eigenvalue weighted by molar-refractivity contribution is 5.44. The van der Waals surface area contributed by atoms with Gasteiger partial charge in [-0.1, -0.05) is 18.2 Å². The highest BCUT2D eigenvalue weighted by Crippen LogP contribution is 2.27. The minimum absolute atomic E-state index is 0.344. The van der Waals surface area contributed by atoms with E-state index in [1.165, 1.54) is 4.57 Å². The molecule has 0 aliphatic carbocycles. The predicted molar refractivity (Wildman–Crippen MR) is 88.4 cm³/mol. The lowest BCUT2D eigenvalue weighted by molar-refractivity contribution is 0.00469. The number of hydrogen-bond acceptors (Lipinski definition) is 3. The van der Waals surface area contributed by atoms with Crippen LogP contribution in [0.4, 0.5) is 14.7 Å². The molecule has 0 fully saturated rings. The zero-order chi connectivity index (χ0) is 17.3. The van der Waals surface area contributed by atoms with Crippen LogP contribution in [0.1, 0.15) is 18.3 Å². The summed E-state index contributed by atoms with van der Waals surface area (Å²) >= 11 is 0. The molecule has 2 heterocycles. The standard InChI is InChI=1S/C17H19F2N5/c1-17(18,19)15-20-21-16(23(15)3)22(2)12-13-8-4-5-9-14(13)24-10-6-7-11-24/h4-11H,12H2,1-3H3. The van der Waals surface area contributed by atoms with E-state index in [0.29, 0.717) is 12.5 Å². The van der Waals surface area contributed by atoms with Gasteiger partial charge in [0.15, 0.2) is 0 Å². The van der Waals surface area contributed by atoms with Crippen molar-refractivity contribution < 1.29 is 8.78 Å². The molecule has 5 nitrogen and oxygen atoms in total. The van der Waals surface area contributed by atoms with Gasteiger partial charge in [0.25, 0.3) is 0 Å². The number of para-hydroxylation sites is 1. The zero-order valence-electron chi connectivity index (χ0n) is 13.8. The number of nitrogens with zero attached hydrogens (tertiary/aromatic N) is 5. The van der Waals surface area contributed by atoms with Crippen LogP contribution in [-0.2, 0) is 19.5 Å². The van der Waals surface area contributed by atoms with Crippen LogP contribution in [0.5, 0.6) is 0 Å². The maximum atomic E-state index is 13.5. The largest absolute Gasteiger partial charge is 0.340 e. The zero-order valence-corrected chi connectivity index (χ0v) is 13.8. The molecule has 7 heteroatoms. The Bertz CT molecular complexity index is 818. The molecular formula is C17H19F2N5. The van der Waals surface area contributed by atoms with E-state index in [2.05, 4.69) is 10.2 Å². The molecule has 0 spiro atoms. The Labute approximate surface area is 139 Å². The van der Waals surface area contributed by atoms with Crippen molar-refractivity contribution in [2.75, 3.05) is 11.9 Å². The number of alkyl halides is 2. The summed E-state index contributed by atoms with van der Waals surface area (Å²) < 4.78 is 30.4. The maximum absolute atomic E-state index is 13.5. The van der Waals surface area contributed by atoms with Gasteiger partial charge in [-0.05, 0) is 23.8 Å². The number of hydrogen-bond donors (Lipinski definition) is 0. The van der Waals surface area contributed by atoms with Crippen LogP contribution < -0.4 is 4.90 Å². The van der Waals surface area contributed by atoms with Crippen molar-refractivity contribution in [2.24, 2.45) is 7.05 Å². The fraction of sp³-hybridized carbons (Fsp3) is 0.294. The molecule has 0 saturated heterocycles. The molecule has 0 unspecified atom stereocenters. The van der Waals surface area contributed by atoms with Gasteiger partial charge in [-0.25, -0.2) is 0 Å². The first-order valence-corrected chi connectivity index (χ1v) is 7.58. The highest BCUT2D eigenvalue weighted by atomic mass is 19.3. The predicted octanol–water partition coefficient (Wildman–Crippen LogP) is 3.35.